The zero-order chi connectivity index (χ0) is 21.9. The highest BCUT2D eigenvalue weighted by Gasteiger charge is 2.22. The summed E-state index contributed by atoms with van der Waals surface area (Å²) in [6.45, 7) is 3.12. The summed E-state index contributed by atoms with van der Waals surface area (Å²) in [7, 11) is -0.830. The second-order valence-electron chi connectivity index (χ2n) is 6.54. The van der Waals surface area contributed by atoms with E-state index < -0.39 is 28.0 Å². The number of aryl methyl sites for hydroxylation is 1. The molecule has 0 saturated heterocycles. The van der Waals surface area contributed by atoms with E-state index in [4.69, 9.17) is 22.1 Å². The van der Waals surface area contributed by atoms with Gasteiger partial charge in [-0.05, 0) is 49.7 Å². The maximum atomic E-state index is 12.5. The third kappa shape index (κ3) is 5.26. The summed E-state index contributed by atoms with van der Waals surface area (Å²) >= 11 is 5.82. The highest BCUT2D eigenvalue weighted by molar-refractivity contribution is 7.89. The Morgan fingerprint density at radius 3 is 2.41 bits per heavy atom. The Bertz CT molecular complexity index is 1050. The van der Waals surface area contributed by atoms with Gasteiger partial charge in [0.1, 0.15) is 0 Å². The molecule has 0 aliphatic heterocycles. The second-order valence-corrected chi connectivity index (χ2v) is 9.10. The number of nitrogen functional groups attached to an aromatic ring is 1. The first-order valence-electron chi connectivity index (χ1n) is 8.53. The first-order valence-corrected chi connectivity index (χ1v) is 10.4. The molecular formula is C19H22ClN3O5S. The number of rotatable bonds is 6. The monoisotopic (exact) mass is 439 g/mol. The Kier molecular flexibility index (Phi) is 6.89. The van der Waals surface area contributed by atoms with Crippen LogP contribution in [0.4, 0.5) is 11.4 Å². The average molecular weight is 440 g/mol. The van der Waals surface area contributed by atoms with E-state index in [1.807, 2.05) is 0 Å². The Labute approximate surface area is 174 Å². The molecule has 10 heteroatoms. The van der Waals surface area contributed by atoms with Crippen LogP contribution in [0.3, 0.4) is 0 Å². The van der Waals surface area contributed by atoms with E-state index in [-0.39, 0.29) is 16.1 Å². The van der Waals surface area contributed by atoms with Gasteiger partial charge in [0, 0.05) is 19.8 Å². The number of carbonyl (C=O) groups is 2. The number of hydrogen-bond acceptors (Lipinski definition) is 6. The predicted molar refractivity (Wildman–Crippen MR) is 111 cm³/mol. The van der Waals surface area contributed by atoms with Gasteiger partial charge in [0.15, 0.2) is 6.10 Å². The number of hydrogen-bond donors (Lipinski definition) is 2. The third-order valence-corrected chi connectivity index (χ3v) is 6.29. The molecule has 0 aliphatic rings. The highest BCUT2D eigenvalue weighted by Crippen LogP contribution is 2.23. The van der Waals surface area contributed by atoms with Crippen LogP contribution in [0.2, 0.25) is 5.02 Å². The number of sulfonamides is 1. The van der Waals surface area contributed by atoms with Gasteiger partial charge in [0.2, 0.25) is 10.0 Å². The van der Waals surface area contributed by atoms with Crippen molar-refractivity contribution >= 4 is 44.9 Å². The van der Waals surface area contributed by atoms with Crippen LogP contribution in [-0.2, 0) is 19.6 Å². The van der Waals surface area contributed by atoms with Gasteiger partial charge in [-0.3, -0.25) is 4.79 Å². The van der Waals surface area contributed by atoms with Crippen molar-refractivity contribution in [1.29, 1.82) is 0 Å². The maximum Gasteiger partial charge on any atom is 0.338 e. The molecule has 0 bridgehead atoms. The van der Waals surface area contributed by atoms with Crippen molar-refractivity contribution < 1.29 is 22.7 Å². The van der Waals surface area contributed by atoms with E-state index in [9.17, 15) is 18.0 Å². The Hall–Kier alpha value is -2.62. The Balaban J connectivity index is 2.15. The molecule has 0 spiro atoms. The van der Waals surface area contributed by atoms with Crippen molar-refractivity contribution in [2.75, 3.05) is 25.1 Å². The van der Waals surface area contributed by atoms with Gasteiger partial charge in [0.05, 0.1) is 21.2 Å². The molecule has 0 fully saturated rings. The van der Waals surface area contributed by atoms with Gasteiger partial charge in [-0.25, -0.2) is 17.5 Å². The minimum Gasteiger partial charge on any atom is -0.449 e. The molecule has 3 N–H and O–H groups in total. The lowest BCUT2D eigenvalue weighted by atomic mass is 10.2. The minimum absolute atomic E-state index is 0.0321. The van der Waals surface area contributed by atoms with Crippen LogP contribution in [0.1, 0.15) is 22.8 Å². The topological polar surface area (TPSA) is 119 Å². The van der Waals surface area contributed by atoms with Crippen molar-refractivity contribution in [2.45, 2.75) is 24.8 Å². The first-order chi connectivity index (χ1) is 13.4. The molecule has 2 rings (SSSR count). The molecule has 8 nitrogen and oxygen atoms in total. The minimum atomic E-state index is -3.66. The van der Waals surface area contributed by atoms with Gasteiger partial charge >= 0.3 is 5.97 Å². The number of esters is 1. The number of anilines is 2. The largest absolute Gasteiger partial charge is 0.449 e. The van der Waals surface area contributed by atoms with Gasteiger partial charge in [-0.2, -0.15) is 0 Å². The molecule has 29 heavy (non-hydrogen) atoms. The van der Waals surface area contributed by atoms with Crippen molar-refractivity contribution in [3.63, 3.8) is 0 Å². The molecule has 0 aliphatic carbocycles. The summed E-state index contributed by atoms with van der Waals surface area (Å²) in [6.07, 6.45) is -1.13. The van der Waals surface area contributed by atoms with E-state index in [0.717, 1.165) is 4.31 Å². The van der Waals surface area contributed by atoms with Crippen LogP contribution in [0.25, 0.3) is 0 Å². The standard InChI is InChI=1S/C19H22ClN3O5S/c1-11-5-7-14(29(26,27)23(3)4)10-17(11)22-18(24)12(2)28-19(25)13-6-8-15(20)16(21)9-13/h5-10,12H,21H2,1-4H3,(H,22,24). The Morgan fingerprint density at radius 2 is 1.83 bits per heavy atom. The van der Waals surface area contributed by atoms with Gasteiger partial charge in [-0.15, -0.1) is 0 Å². The average Bonchev–Trinajstić information content (AvgIpc) is 2.65. The molecule has 0 aromatic heterocycles. The van der Waals surface area contributed by atoms with Crippen LogP contribution in [0.15, 0.2) is 41.3 Å². The molecule has 156 valence electrons. The molecule has 1 atom stereocenters. The number of ether oxygens (including phenoxy) is 1. The summed E-state index contributed by atoms with van der Waals surface area (Å²) in [5.41, 5.74) is 6.99. The van der Waals surface area contributed by atoms with E-state index in [0.29, 0.717) is 16.3 Å². The smallest absolute Gasteiger partial charge is 0.338 e. The molecule has 0 saturated carbocycles. The molecule has 0 radical (unpaired) electrons. The van der Waals surface area contributed by atoms with Crippen molar-refractivity contribution in [1.82, 2.24) is 4.31 Å². The molecule has 2 aromatic carbocycles. The second kappa shape index (κ2) is 8.81. The fourth-order valence-corrected chi connectivity index (χ4v) is 3.34. The molecular weight excluding hydrogens is 418 g/mol. The van der Waals surface area contributed by atoms with Crippen molar-refractivity contribution in [2.24, 2.45) is 0 Å². The highest BCUT2D eigenvalue weighted by atomic mass is 35.5. The zero-order valence-electron chi connectivity index (χ0n) is 16.4. The number of nitrogens with two attached hydrogens (primary N) is 1. The van der Waals surface area contributed by atoms with E-state index in [1.165, 1.54) is 51.4 Å². The molecule has 1 amide bonds. The molecule has 2 aromatic rings. The van der Waals surface area contributed by atoms with Gasteiger partial charge in [0.25, 0.3) is 5.91 Å². The predicted octanol–water partition coefficient (Wildman–Crippen LogP) is 2.66. The van der Waals surface area contributed by atoms with Gasteiger partial charge < -0.3 is 15.8 Å². The number of amides is 1. The van der Waals surface area contributed by atoms with E-state index in [2.05, 4.69) is 5.32 Å². The van der Waals surface area contributed by atoms with Crippen molar-refractivity contribution in [3.05, 3.63) is 52.5 Å². The van der Waals surface area contributed by atoms with Crippen LogP contribution in [-0.4, -0.2) is 44.8 Å². The third-order valence-electron chi connectivity index (χ3n) is 4.13. The lowest BCUT2D eigenvalue weighted by molar-refractivity contribution is -0.123. The fraction of sp³-hybridized carbons (Fsp3) is 0.263. The summed E-state index contributed by atoms with van der Waals surface area (Å²) in [5, 5.41) is 2.90. The number of carbonyl (C=O) groups excluding carboxylic acids is 2. The summed E-state index contributed by atoms with van der Waals surface area (Å²) < 4.78 is 30.8. The van der Waals surface area contributed by atoms with Crippen LogP contribution in [0, 0.1) is 6.92 Å². The lowest BCUT2D eigenvalue weighted by Gasteiger charge is -2.17. The maximum absolute atomic E-state index is 12.5. The van der Waals surface area contributed by atoms with Crippen LogP contribution in [0.5, 0.6) is 0 Å². The van der Waals surface area contributed by atoms with E-state index in [1.54, 1.807) is 13.0 Å². The van der Waals surface area contributed by atoms with E-state index >= 15 is 0 Å². The lowest BCUT2D eigenvalue weighted by Crippen LogP contribution is -2.30. The number of halogens is 1. The SMILES string of the molecule is Cc1ccc(S(=O)(=O)N(C)C)cc1NC(=O)C(C)OC(=O)c1ccc(Cl)c(N)c1. The van der Waals surface area contributed by atoms with Gasteiger partial charge in [-0.1, -0.05) is 17.7 Å². The molecule has 0 heterocycles. The number of benzene rings is 2. The quantitative estimate of drug-likeness (QED) is 0.527. The summed E-state index contributed by atoms with van der Waals surface area (Å²) in [5.74, 6) is -1.35. The van der Waals surface area contributed by atoms with Crippen LogP contribution >= 0.6 is 11.6 Å². The van der Waals surface area contributed by atoms with Crippen LogP contribution < -0.4 is 11.1 Å². The fourth-order valence-electron chi connectivity index (χ4n) is 2.29. The summed E-state index contributed by atoms with van der Waals surface area (Å²) in [6, 6.07) is 8.64. The zero-order valence-corrected chi connectivity index (χ0v) is 18.0. The first kappa shape index (κ1) is 22.7. The van der Waals surface area contributed by atoms with Crippen molar-refractivity contribution in [3.8, 4) is 0 Å². The summed E-state index contributed by atoms with van der Waals surface area (Å²) in [4.78, 5) is 24.7. The molecule has 1 unspecified atom stereocenters. The number of nitrogens with one attached hydrogen (secondary N) is 1. The number of nitrogens with zero attached hydrogens (tertiary/aromatic N) is 1. The normalized spacial score (nSPS) is 12.5. The Morgan fingerprint density at radius 1 is 1.17 bits per heavy atom.